The van der Waals surface area contributed by atoms with Crippen molar-refractivity contribution < 1.29 is 0 Å². The molecule has 2 rings (SSSR count). The molecule has 0 amide bonds. The van der Waals surface area contributed by atoms with Gasteiger partial charge in [0.05, 0.1) is 11.9 Å². The molecular weight excluding hydrogens is 246 g/mol. The molecule has 0 aromatic carbocycles. The molecule has 0 radical (unpaired) electrons. The zero-order valence-corrected chi connectivity index (χ0v) is 11.1. The summed E-state index contributed by atoms with van der Waals surface area (Å²) < 4.78 is 1.88. The Morgan fingerprint density at radius 2 is 2.17 bits per heavy atom. The van der Waals surface area contributed by atoms with Crippen LogP contribution in [0.5, 0.6) is 0 Å². The highest BCUT2D eigenvalue weighted by Gasteiger charge is 2.07. The fourth-order valence-electron chi connectivity index (χ4n) is 1.60. The Bertz CT molecular complexity index is 561. The highest BCUT2D eigenvalue weighted by molar-refractivity contribution is 7.80. The molecule has 0 spiro atoms. The van der Waals surface area contributed by atoms with Crippen molar-refractivity contribution in [2.75, 3.05) is 5.32 Å². The van der Waals surface area contributed by atoms with Crippen LogP contribution in [0.4, 0.5) is 11.6 Å². The molecule has 0 aliphatic carbocycles. The fourth-order valence-corrected chi connectivity index (χ4v) is 1.71. The molecule has 0 bridgehead atoms. The molecule has 0 atom stereocenters. The van der Waals surface area contributed by atoms with Crippen LogP contribution < -0.4 is 11.1 Å². The van der Waals surface area contributed by atoms with Crippen molar-refractivity contribution in [3.8, 4) is 0 Å². The van der Waals surface area contributed by atoms with Crippen molar-refractivity contribution in [3.63, 3.8) is 0 Å². The molecular formula is C12H15N5S. The Morgan fingerprint density at radius 3 is 2.83 bits per heavy atom. The summed E-state index contributed by atoms with van der Waals surface area (Å²) in [4.78, 5) is 4.62. The maximum Gasteiger partial charge on any atom is 0.132 e. The van der Waals surface area contributed by atoms with Crippen LogP contribution in [-0.4, -0.2) is 19.8 Å². The minimum Gasteiger partial charge on any atom is -0.388 e. The van der Waals surface area contributed by atoms with Gasteiger partial charge in [-0.2, -0.15) is 5.10 Å². The van der Waals surface area contributed by atoms with Gasteiger partial charge in [0, 0.05) is 12.1 Å². The zero-order valence-electron chi connectivity index (χ0n) is 10.3. The van der Waals surface area contributed by atoms with E-state index in [0.29, 0.717) is 11.5 Å². The Hall–Kier alpha value is -1.95. The van der Waals surface area contributed by atoms with E-state index in [-0.39, 0.29) is 11.0 Å². The summed E-state index contributed by atoms with van der Waals surface area (Å²) in [5, 5.41) is 7.45. The van der Waals surface area contributed by atoms with Crippen LogP contribution in [0, 0.1) is 0 Å². The van der Waals surface area contributed by atoms with Crippen LogP contribution in [-0.2, 0) is 0 Å². The molecule has 0 aliphatic heterocycles. The summed E-state index contributed by atoms with van der Waals surface area (Å²) in [6, 6.07) is 7.68. The van der Waals surface area contributed by atoms with Crippen molar-refractivity contribution in [1.29, 1.82) is 0 Å². The third-order valence-electron chi connectivity index (χ3n) is 2.42. The fraction of sp³-hybridized carbons (Fsp3) is 0.250. The quantitative estimate of drug-likeness (QED) is 0.826. The van der Waals surface area contributed by atoms with Gasteiger partial charge < -0.3 is 11.1 Å². The van der Waals surface area contributed by atoms with Gasteiger partial charge in [0.2, 0.25) is 0 Å². The summed E-state index contributed by atoms with van der Waals surface area (Å²) in [6.45, 7) is 4.13. The second-order valence-electron chi connectivity index (χ2n) is 4.15. The lowest BCUT2D eigenvalue weighted by Crippen LogP contribution is -2.13. The predicted molar refractivity (Wildman–Crippen MR) is 76.0 cm³/mol. The molecule has 0 aliphatic rings. The maximum atomic E-state index is 5.56. The predicted octanol–water partition coefficient (Wildman–Crippen LogP) is 2.24. The number of hydrogen-bond donors (Lipinski definition) is 2. The molecule has 0 saturated heterocycles. The van der Waals surface area contributed by atoms with Crippen LogP contribution in [0.1, 0.15) is 25.6 Å². The number of hydrogen-bond acceptors (Lipinski definition) is 4. The number of aromatic nitrogens is 3. The van der Waals surface area contributed by atoms with Gasteiger partial charge >= 0.3 is 0 Å². The lowest BCUT2D eigenvalue weighted by molar-refractivity contribution is 0.539. The Balaban J connectivity index is 2.26. The normalized spacial score (nSPS) is 10.6. The van der Waals surface area contributed by atoms with E-state index >= 15 is 0 Å². The minimum absolute atomic E-state index is 0.279. The van der Waals surface area contributed by atoms with E-state index < -0.39 is 0 Å². The summed E-state index contributed by atoms with van der Waals surface area (Å²) in [5.74, 6) is 1.58. The van der Waals surface area contributed by atoms with Gasteiger partial charge in [0.15, 0.2) is 0 Å². The Morgan fingerprint density at radius 1 is 1.39 bits per heavy atom. The van der Waals surface area contributed by atoms with Crippen molar-refractivity contribution in [3.05, 3.63) is 36.2 Å². The number of rotatable bonds is 4. The second kappa shape index (κ2) is 5.14. The first kappa shape index (κ1) is 12.5. The van der Waals surface area contributed by atoms with Crippen molar-refractivity contribution in [2.45, 2.75) is 19.9 Å². The van der Waals surface area contributed by atoms with E-state index in [1.54, 1.807) is 12.3 Å². The van der Waals surface area contributed by atoms with E-state index in [1.807, 2.05) is 22.9 Å². The van der Waals surface area contributed by atoms with Gasteiger partial charge in [-0.15, -0.1) is 0 Å². The molecule has 0 saturated carbocycles. The van der Waals surface area contributed by atoms with Crippen molar-refractivity contribution in [2.24, 2.45) is 5.73 Å². The summed E-state index contributed by atoms with van der Waals surface area (Å²) >= 11 is 4.91. The smallest absolute Gasteiger partial charge is 0.132 e. The van der Waals surface area contributed by atoms with E-state index in [1.165, 1.54) is 0 Å². The molecule has 3 N–H and O–H groups in total. The SMILES string of the molecule is CC(C)n1nccc1Nc1cccc(C(N)=S)n1. The monoisotopic (exact) mass is 261 g/mol. The first-order valence-electron chi connectivity index (χ1n) is 5.65. The van der Waals surface area contributed by atoms with Crippen LogP contribution in [0.15, 0.2) is 30.5 Å². The maximum absolute atomic E-state index is 5.56. The minimum atomic E-state index is 0.279. The van der Waals surface area contributed by atoms with Gasteiger partial charge in [0.1, 0.15) is 16.6 Å². The topological polar surface area (TPSA) is 68.8 Å². The van der Waals surface area contributed by atoms with Gasteiger partial charge in [0.25, 0.3) is 0 Å². The molecule has 6 heteroatoms. The molecule has 0 unspecified atom stereocenters. The van der Waals surface area contributed by atoms with Crippen molar-refractivity contribution >= 4 is 28.8 Å². The lowest BCUT2D eigenvalue weighted by atomic mass is 10.3. The van der Waals surface area contributed by atoms with E-state index in [4.69, 9.17) is 18.0 Å². The molecule has 2 heterocycles. The number of thiocarbonyl (C=S) groups is 1. The summed E-state index contributed by atoms with van der Waals surface area (Å²) in [5.41, 5.74) is 6.16. The van der Waals surface area contributed by atoms with Crippen LogP contribution in [0.25, 0.3) is 0 Å². The molecule has 18 heavy (non-hydrogen) atoms. The van der Waals surface area contributed by atoms with Crippen molar-refractivity contribution in [1.82, 2.24) is 14.8 Å². The van der Waals surface area contributed by atoms with E-state index in [0.717, 1.165) is 5.82 Å². The highest BCUT2D eigenvalue weighted by atomic mass is 32.1. The van der Waals surface area contributed by atoms with Crippen LogP contribution >= 0.6 is 12.2 Å². The number of nitrogens with two attached hydrogens (primary N) is 1. The first-order chi connectivity index (χ1) is 8.58. The first-order valence-corrected chi connectivity index (χ1v) is 6.06. The van der Waals surface area contributed by atoms with Crippen LogP contribution in [0.2, 0.25) is 0 Å². The van der Waals surface area contributed by atoms with Gasteiger partial charge in [-0.25, -0.2) is 9.67 Å². The molecule has 2 aromatic rings. The molecule has 5 nitrogen and oxygen atoms in total. The third-order valence-corrected chi connectivity index (χ3v) is 2.63. The molecule has 2 aromatic heterocycles. The van der Waals surface area contributed by atoms with Gasteiger partial charge in [-0.3, -0.25) is 0 Å². The second-order valence-corrected chi connectivity index (χ2v) is 4.59. The Kier molecular flexibility index (Phi) is 3.57. The summed E-state index contributed by atoms with van der Waals surface area (Å²) in [6.07, 6.45) is 1.75. The van der Waals surface area contributed by atoms with E-state index in [9.17, 15) is 0 Å². The van der Waals surface area contributed by atoms with Gasteiger partial charge in [-0.1, -0.05) is 18.3 Å². The number of pyridine rings is 1. The zero-order chi connectivity index (χ0) is 13.1. The molecule has 94 valence electrons. The number of nitrogens with one attached hydrogen (secondary N) is 1. The number of anilines is 2. The average molecular weight is 261 g/mol. The van der Waals surface area contributed by atoms with Gasteiger partial charge in [-0.05, 0) is 26.0 Å². The number of nitrogens with zero attached hydrogens (tertiary/aromatic N) is 3. The highest BCUT2D eigenvalue weighted by Crippen LogP contribution is 2.17. The molecule has 0 fully saturated rings. The average Bonchev–Trinajstić information content (AvgIpc) is 2.77. The Labute approximate surface area is 111 Å². The standard InChI is InChI=1S/C12H15N5S/c1-8(2)17-11(6-7-14-17)16-10-5-3-4-9(15-10)12(13)18/h3-8H,1-2H3,(H2,13,18)(H,15,16). The van der Waals surface area contributed by atoms with Crippen LogP contribution in [0.3, 0.4) is 0 Å². The largest absolute Gasteiger partial charge is 0.388 e. The van der Waals surface area contributed by atoms with E-state index in [2.05, 4.69) is 29.2 Å². The summed E-state index contributed by atoms with van der Waals surface area (Å²) in [7, 11) is 0. The third kappa shape index (κ3) is 2.65. The lowest BCUT2D eigenvalue weighted by Gasteiger charge is -2.12.